The van der Waals surface area contributed by atoms with E-state index in [9.17, 15) is 9.59 Å². The van der Waals surface area contributed by atoms with Gasteiger partial charge in [0.2, 0.25) is 23.1 Å². The minimum atomic E-state index is -0.907. The molecule has 0 heterocycles. The van der Waals surface area contributed by atoms with Gasteiger partial charge in [0.05, 0.1) is 5.57 Å². The second-order valence-electron chi connectivity index (χ2n) is 1.83. The molecule has 4 nitrogen and oxygen atoms in total. The van der Waals surface area contributed by atoms with E-state index in [1.54, 1.807) is 0 Å². The Bertz CT molecular complexity index is 245. The number of ketones is 2. The second-order valence-corrected chi connectivity index (χ2v) is 1.83. The predicted octanol–water partition coefficient (Wildman–Crippen LogP) is 0.0220. The summed E-state index contributed by atoms with van der Waals surface area (Å²) in [5, 5.41) is 17.2. The monoisotopic (exact) mass is 140 g/mol. The van der Waals surface area contributed by atoms with Crippen molar-refractivity contribution >= 4 is 11.6 Å². The van der Waals surface area contributed by atoms with E-state index in [4.69, 9.17) is 10.2 Å². The number of aliphatic hydroxyl groups is 2. The average Bonchev–Trinajstić information content (AvgIpc) is 2.07. The van der Waals surface area contributed by atoms with E-state index in [0.717, 1.165) is 0 Å². The molecule has 0 aromatic rings. The molecule has 0 atom stereocenters. The maximum absolute atomic E-state index is 10.5. The van der Waals surface area contributed by atoms with Crippen LogP contribution in [0.15, 0.2) is 23.7 Å². The van der Waals surface area contributed by atoms with Crippen LogP contribution >= 0.6 is 0 Å². The Kier molecular flexibility index (Phi) is 1.11. The molecular formula is C6H4O4. The molecule has 0 aromatic heterocycles. The van der Waals surface area contributed by atoms with Gasteiger partial charge < -0.3 is 10.2 Å². The zero-order valence-electron chi connectivity index (χ0n) is 4.92. The van der Waals surface area contributed by atoms with Crippen molar-refractivity contribution in [3.05, 3.63) is 23.7 Å². The van der Waals surface area contributed by atoms with Gasteiger partial charge in [-0.25, -0.2) is 0 Å². The van der Waals surface area contributed by atoms with Crippen molar-refractivity contribution in [1.82, 2.24) is 0 Å². The minimum Gasteiger partial charge on any atom is -0.501 e. The van der Waals surface area contributed by atoms with E-state index >= 15 is 0 Å². The first kappa shape index (κ1) is 6.54. The molecule has 0 saturated carbocycles. The lowest BCUT2D eigenvalue weighted by Crippen LogP contribution is -2.01. The molecular weight excluding hydrogens is 136 g/mol. The predicted molar refractivity (Wildman–Crippen MR) is 31.4 cm³/mol. The van der Waals surface area contributed by atoms with Crippen molar-refractivity contribution in [2.24, 2.45) is 0 Å². The van der Waals surface area contributed by atoms with Crippen LogP contribution in [0.1, 0.15) is 0 Å². The van der Waals surface area contributed by atoms with Crippen molar-refractivity contribution < 1.29 is 19.8 Å². The zero-order chi connectivity index (χ0) is 7.89. The van der Waals surface area contributed by atoms with Gasteiger partial charge in [-0.1, -0.05) is 6.58 Å². The van der Waals surface area contributed by atoms with E-state index in [1.807, 2.05) is 0 Å². The van der Waals surface area contributed by atoms with Gasteiger partial charge in [-0.15, -0.1) is 0 Å². The van der Waals surface area contributed by atoms with Crippen LogP contribution in [0.5, 0.6) is 0 Å². The third kappa shape index (κ3) is 0.556. The van der Waals surface area contributed by atoms with Gasteiger partial charge in [-0.05, 0) is 0 Å². The Morgan fingerprint density at radius 2 is 1.30 bits per heavy atom. The van der Waals surface area contributed by atoms with E-state index in [-0.39, 0.29) is 0 Å². The standard InChI is InChI=1S/C6H4O4/c1-2-3(7)5(9)6(10)4(2)8/h9-10H,1H2. The molecule has 0 radical (unpaired) electrons. The number of rotatable bonds is 0. The largest absolute Gasteiger partial charge is 0.501 e. The molecule has 1 aliphatic rings. The number of allylic oxidation sites excluding steroid dienone is 2. The summed E-state index contributed by atoms with van der Waals surface area (Å²) in [4.78, 5) is 21.1. The lowest BCUT2D eigenvalue weighted by atomic mass is 10.2. The van der Waals surface area contributed by atoms with Gasteiger partial charge in [0.1, 0.15) is 0 Å². The Morgan fingerprint density at radius 3 is 1.40 bits per heavy atom. The fourth-order valence-electron chi connectivity index (χ4n) is 0.604. The quantitative estimate of drug-likeness (QED) is 0.367. The highest BCUT2D eigenvalue weighted by Gasteiger charge is 2.34. The average molecular weight is 140 g/mol. The molecule has 0 spiro atoms. The van der Waals surface area contributed by atoms with Gasteiger partial charge >= 0.3 is 0 Å². The lowest BCUT2D eigenvalue weighted by molar-refractivity contribution is -0.117. The van der Waals surface area contributed by atoms with Gasteiger partial charge in [0.25, 0.3) is 0 Å². The highest BCUT2D eigenvalue weighted by Crippen LogP contribution is 2.18. The van der Waals surface area contributed by atoms with Crippen LogP contribution in [-0.2, 0) is 9.59 Å². The third-order valence-electron chi connectivity index (χ3n) is 1.20. The molecule has 0 aromatic carbocycles. The Balaban J connectivity index is 3.24. The number of carbonyl (C=O) groups excluding carboxylic acids is 2. The molecule has 0 fully saturated rings. The summed E-state index contributed by atoms with van der Waals surface area (Å²) in [6, 6.07) is 0. The van der Waals surface area contributed by atoms with Crippen molar-refractivity contribution in [1.29, 1.82) is 0 Å². The molecule has 0 saturated heterocycles. The van der Waals surface area contributed by atoms with Crippen LogP contribution in [0.3, 0.4) is 0 Å². The first-order valence-electron chi connectivity index (χ1n) is 2.46. The highest BCUT2D eigenvalue weighted by molar-refractivity contribution is 6.35. The molecule has 10 heavy (non-hydrogen) atoms. The van der Waals surface area contributed by atoms with Crippen LogP contribution in [0.25, 0.3) is 0 Å². The van der Waals surface area contributed by atoms with E-state index in [1.165, 1.54) is 0 Å². The molecule has 1 aliphatic carbocycles. The summed E-state index contributed by atoms with van der Waals surface area (Å²) in [5.41, 5.74) is -0.394. The maximum Gasteiger partial charge on any atom is 0.234 e. The molecule has 52 valence electrons. The van der Waals surface area contributed by atoms with Crippen LogP contribution in [0.4, 0.5) is 0 Å². The molecule has 0 amide bonds. The van der Waals surface area contributed by atoms with Crippen LogP contribution in [-0.4, -0.2) is 21.8 Å². The summed E-state index contributed by atoms with van der Waals surface area (Å²) >= 11 is 0. The van der Waals surface area contributed by atoms with Crippen molar-refractivity contribution in [3.63, 3.8) is 0 Å². The SMILES string of the molecule is C=C1C(=O)C(O)=C(O)C1=O. The van der Waals surface area contributed by atoms with E-state index < -0.39 is 28.7 Å². The molecule has 4 heteroatoms. The summed E-state index contributed by atoms with van der Waals surface area (Å²) in [7, 11) is 0. The smallest absolute Gasteiger partial charge is 0.234 e. The second kappa shape index (κ2) is 1.70. The molecule has 0 bridgehead atoms. The molecule has 1 rings (SSSR count). The fourth-order valence-corrected chi connectivity index (χ4v) is 0.604. The van der Waals surface area contributed by atoms with Gasteiger partial charge in [-0.2, -0.15) is 0 Å². The van der Waals surface area contributed by atoms with Gasteiger partial charge in [0.15, 0.2) is 0 Å². The molecule has 0 unspecified atom stereocenters. The summed E-state index contributed by atoms with van der Waals surface area (Å²) in [6.45, 7) is 3.06. The minimum absolute atomic E-state index is 0.394. The van der Waals surface area contributed by atoms with Crippen LogP contribution in [0.2, 0.25) is 0 Å². The Morgan fingerprint density at radius 1 is 1.00 bits per heavy atom. The summed E-state index contributed by atoms with van der Waals surface area (Å²) in [6.07, 6.45) is 0. The lowest BCUT2D eigenvalue weighted by Gasteiger charge is -1.83. The number of hydrogen-bond donors (Lipinski definition) is 2. The van der Waals surface area contributed by atoms with Crippen LogP contribution in [0, 0.1) is 0 Å². The van der Waals surface area contributed by atoms with Crippen LogP contribution < -0.4 is 0 Å². The zero-order valence-corrected chi connectivity index (χ0v) is 4.92. The Labute approximate surface area is 56.1 Å². The number of carbonyl (C=O) groups is 2. The normalized spacial score (nSPS) is 19.0. The summed E-state index contributed by atoms with van der Waals surface area (Å²) < 4.78 is 0. The Hall–Kier alpha value is -1.58. The van der Waals surface area contributed by atoms with Crippen molar-refractivity contribution in [2.45, 2.75) is 0 Å². The topological polar surface area (TPSA) is 74.6 Å². The first-order valence-corrected chi connectivity index (χ1v) is 2.46. The number of Topliss-reactive ketones (excluding diaryl/α,β-unsaturated/α-hetero) is 2. The van der Waals surface area contributed by atoms with Crippen molar-refractivity contribution in [3.8, 4) is 0 Å². The first-order chi connectivity index (χ1) is 4.55. The highest BCUT2D eigenvalue weighted by atomic mass is 16.3. The molecule has 0 aliphatic heterocycles. The van der Waals surface area contributed by atoms with Crippen molar-refractivity contribution in [2.75, 3.05) is 0 Å². The fraction of sp³-hybridized carbons (Fsp3) is 0. The van der Waals surface area contributed by atoms with E-state index in [0.29, 0.717) is 0 Å². The third-order valence-corrected chi connectivity index (χ3v) is 1.20. The molecule has 2 N–H and O–H groups in total. The van der Waals surface area contributed by atoms with E-state index in [2.05, 4.69) is 6.58 Å². The maximum atomic E-state index is 10.5. The number of hydrogen-bond acceptors (Lipinski definition) is 4. The van der Waals surface area contributed by atoms with Gasteiger partial charge in [-0.3, -0.25) is 9.59 Å². The number of aliphatic hydroxyl groups excluding tert-OH is 2. The summed E-state index contributed by atoms with van der Waals surface area (Å²) in [5.74, 6) is -3.62. The van der Waals surface area contributed by atoms with Gasteiger partial charge in [0, 0.05) is 0 Å².